The standard InChI is InChI=1S/C14H22N2O3/c1-9(2)7-16(8-10(3)4)14(19)11-5-12(17)15-13(18)6-11/h5-6,9-10H,7-8H2,1-4H3,(H2,15,17,18). The summed E-state index contributed by atoms with van der Waals surface area (Å²) < 4.78 is 0. The zero-order chi connectivity index (χ0) is 14.6. The molecule has 1 aromatic heterocycles. The number of nitrogens with zero attached hydrogens (tertiary/aromatic N) is 1. The van der Waals surface area contributed by atoms with Gasteiger partial charge in [-0.15, -0.1) is 0 Å². The number of carbonyl (C=O) groups is 1. The summed E-state index contributed by atoms with van der Waals surface area (Å²) in [6, 6.07) is 2.51. The van der Waals surface area contributed by atoms with E-state index < -0.39 is 5.56 Å². The predicted molar refractivity (Wildman–Crippen MR) is 74.3 cm³/mol. The van der Waals surface area contributed by atoms with Crippen molar-refractivity contribution in [1.29, 1.82) is 0 Å². The molecule has 0 aliphatic heterocycles. The van der Waals surface area contributed by atoms with Crippen molar-refractivity contribution in [3.8, 4) is 5.88 Å². The summed E-state index contributed by atoms with van der Waals surface area (Å²) in [6.45, 7) is 9.41. The molecule has 0 aliphatic carbocycles. The third-order valence-electron chi connectivity index (χ3n) is 2.54. The van der Waals surface area contributed by atoms with E-state index in [9.17, 15) is 14.7 Å². The average Bonchev–Trinajstić information content (AvgIpc) is 2.24. The maximum absolute atomic E-state index is 12.4. The number of hydrogen-bond acceptors (Lipinski definition) is 3. The van der Waals surface area contributed by atoms with Crippen LogP contribution in [0.5, 0.6) is 5.88 Å². The Balaban J connectivity index is 3.00. The Morgan fingerprint density at radius 2 is 1.74 bits per heavy atom. The fourth-order valence-corrected chi connectivity index (χ4v) is 1.96. The summed E-state index contributed by atoms with van der Waals surface area (Å²) in [5, 5.41) is 9.36. The van der Waals surface area contributed by atoms with Crippen molar-refractivity contribution in [2.75, 3.05) is 13.1 Å². The molecule has 0 unspecified atom stereocenters. The van der Waals surface area contributed by atoms with Gasteiger partial charge in [-0.3, -0.25) is 14.6 Å². The van der Waals surface area contributed by atoms with Gasteiger partial charge >= 0.3 is 0 Å². The first-order chi connectivity index (χ1) is 8.79. The summed E-state index contributed by atoms with van der Waals surface area (Å²) in [7, 11) is 0. The number of hydrogen-bond donors (Lipinski definition) is 2. The Bertz CT molecular complexity index is 482. The molecule has 1 amide bonds. The van der Waals surface area contributed by atoms with Gasteiger partial charge in [-0.1, -0.05) is 27.7 Å². The Morgan fingerprint density at radius 1 is 1.21 bits per heavy atom. The smallest absolute Gasteiger partial charge is 0.254 e. The Labute approximate surface area is 113 Å². The molecule has 0 spiro atoms. The van der Waals surface area contributed by atoms with E-state index in [1.165, 1.54) is 12.1 Å². The molecular weight excluding hydrogens is 244 g/mol. The quantitative estimate of drug-likeness (QED) is 0.854. The van der Waals surface area contributed by atoms with Gasteiger partial charge in [-0.05, 0) is 11.8 Å². The molecule has 0 bridgehead atoms. The number of H-pyrrole nitrogens is 1. The van der Waals surface area contributed by atoms with Crippen LogP contribution in [0.3, 0.4) is 0 Å². The van der Waals surface area contributed by atoms with Crippen LogP contribution in [-0.4, -0.2) is 34.0 Å². The lowest BCUT2D eigenvalue weighted by atomic mass is 10.1. The lowest BCUT2D eigenvalue weighted by Gasteiger charge is -2.26. The van der Waals surface area contributed by atoms with Crippen LogP contribution in [0.25, 0.3) is 0 Å². The van der Waals surface area contributed by atoms with E-state index >= 15 is 0 Å². The number of carbonyl (C=O) groups excluding carboxylic acids is 1. The summed E-state index contributed by atoms with van der Waals surface area (Å²) in [6.07, 6.45) is 0. The molecule has 1 aromatic rings. The van der Waals surface area contributed by atoms with Crippen LogP contribution in [-0.2, 0) is 0 Å². The van der Waals surface area contributed by atoms with Crippen molar-refractivity contribution in [3.63, 3.8) is 0 Å². The van der Waals surface area contributed by atoms with E-state index in [1.807, 2.05) is 27.7 Å². The van der Waals surface area contributed by atoms with Crippen LogP contribution >= 0.6 is 0 Å². The van der Waals surface area contributed by atoms with Gasteiger partial charge in [0.25, 0.3) is 11.5 Å². The molecule has 2 N–H and O–H groups in total. The van der Waals surface area contributed by atoms with Gasteiger partial charge in [-0.25, -0.2) is 0 Å². The minimum absolute atomic E-state index is 0.219. The van der Waals surface area contributed by atoms with Gasteiger partial charge in [0, 0.05) is 25.2 Å². The minimum Gasteiger partial charge on any atom is -0.494 e. The zero-order valence-electron chi connectivity index (χ0n) is 11.9. The Hall–Kier alpha value is -1.78. The number of aromatic nitrogens is 1. The summed E-state index contributed by atoms with van der Waals surface area (Å²) >= 11 is 0. The van der Waals surface area contributed by atoms with Crippen LogP contribution in [0.1, 0.15) is 38.1 Å². The van der Waals surface area contributed by atoms with E-state index in [-0.39, 0.29) is 17.4 Å². The van der Waals surface area contributed by atoms with Crippen LogP contribution in [0.15, 0.2) is 16.9 Å². The highest BCUT2D eigenvalue weighted by Gasteiger charge is 2.19. The molecule has 0 radical (unpaired) electrons. The number of aromatic amines is 1. The SMILES string of the molecule is CC(C)CN(CC(C)C)C(=O)c1cc(O)[nH]c(=O)c1. The van der Waals surface area contributed by atoms with E-state index in [2.05, 4.69) is 4.98 Å². The van der Waals surface area contributed by atoms with E-state index in [1.54, 1.807) is 4.90 Å². The zero-order valence-corrected chi connectivity index (χ0v) is 11.9. The lowest BCUT2D eigenvalue weighted by Crippen LogP contribution is -2.37. The molecule has 19 heavy (non-hydrogen) atoms. The lowest BCUT2D eigenvalue weighted by molar-refractivity contribution is 0.0714. The molecule has 1 heterocycles. The Morgan fingerprint density at radius 3 is 2.16 bits per heavy atom. The minimum atomic E-state index is -0.475. The van der Waals surface area contributed by atoms with Crippen molar-refractivity contribution in [3.05, 3.63) is 28.0 Å². The van der Waals surface area contributed by atoms with Crippen molar-refractivity contribution in [2.45, 2.75) is 27.7 Å². The molecule has 106 valence electrons. The fourth-order valence-electron chi connectivity index (χ4n) is 1.96. The first-order valence-corrected chi connectivity index (χ1v) is 6.52. The molecule has 0 atom stereocenters. The van der Waals surface area contributed by atoms with Crippen LogP contribution < -0.4 is 5.56 Å². The summed E-state index contributed by atoms with van der Waals surface area (Å²) in [4.78, 5) is 27.6. The number of aromatic hydroxyl groups is 1. The van der Waals surface area contributed by atoms with Gasteiger partial charge in [0.15, 0.2) is 5.88 Å². The van der Waals surface area contributed by atoms with Crippen LogP contribution in [0.2, 0.25) is 0 Å². The first kappa shape index (κ1) is 15.3. The van der Waals surface area contributed by atoms with E-state index in [4.69, 9.17) is 0 Å². The second-order valence-corrected chi connectivity index (χ2v) is 5.62. The molecule has 5 heteroatoms. The van der Waals surface area contributed by atoms with Crippen LogP contribution in [0, 0.1) is 11.8 Å². The molecule has 0 fully saturated rings. The van der Waals surface area contributed by atoms with Crippen LogP contribution in [0.4, 0.5) is 0 Å². The number of nitrogens with one attached hydrogen (secondary N) is 1. The van der Waals surface area contributed by atoms with E-state index in [0.717, 1.165) is 0 Å². The molecule has 0 saturated carbocycles. The van der Waals surface area contributed by atoms with Crippen molar-refractivity contribution >= 4 is 5.91 Å². The number of amides is 1. The largest absolute Gasteiger partial charge is 0.494 e. The van der Waals surface area contributed by atoms with E-state index in [0.29, 0.717) is 24.9 Å². The summed E-state index contributed by atoms with van der Waals surface area (Å²) in [5.41, 5.74) is -0.250. The highest BCUT2D eigenvalue weighted by Crippen LogP contribution is 2.11. The highest BCUT2D eigenvalue weighted by atomic mass is 16.3. The highest BCUT2D eigenvalue weighted by molar-refractivity contribution is 5.94. The van der Waals surface area contributed by atoms with Crippen molar-refractivity contribution < 1.29 is 9.90 Å². The molecule has 0 aliphatic rings. The first-order valence-electron chi connectivity index (χ1n) is 6.52. The Kier molecular flexibility index (Phi) is 5.15. The third kappa shape index (κ3) is 4.77. The fraction of sp³-hybridized carbons (Fsp3) is 0.571. The van der Waals surface area contributed by atoms with Gasteiger partial charge in [0.1, 0.15) is 0 Å². The van der Waals surface area contributed by atoms with Gasteiger partial charge in [-0.2, -0.15) is 0 Å². The molecule has 0 saturated heterocycles. The van der Waals surface area contributed by atoms with Gasteiger partial charge < -0.3 is 10.0 Å². The predicted octanol–water partition coefficient (Wildman–Crippen LogP) is 1.83. The third-order valence-corrected chi connectivity index (χ3v) is 2.54. The average molecular weight is 266 g/mol. The maximum Gasteiger partial charge on any atom is 0.254 e. The molecular formula is C14H22N2O3. The maximum atomic E-state index is 12.4. The second kappa shape index (κ2) is 6.41. The second-order valence-electron chi connectivity index (χ2n) is 5.62. The molecule has 0 aromatic carbocycles. The topological polar surface area (TPSA) is 73.4 Å². The monoisotopic (exact) mass is 266 g/mol. The van der Waals surface area contributed by atoms with Gasteiger partial charge in [0.05, 0.1) is 5.56 Å². The molecule has 5 nitrogen and oxygen atoms in total. The summed E-state index contributed by atoms with van der Waals surface area (Å²) in [5.74, 6) is 0.185. The normalized spacial score (nSPS) is 11.1. The van der Waals surface area contributed by atoms with Crippen molar-refractivity contribution in [2.24, 2.45) is 11.8 Å². The molecule has 1 rings (SSSR count). The van der Waals surface area contributed by atoms with Gasteiger partial charge in [0.2, 0.25) is 0 Å². The number of rotatable bonds is 5. The number of pyridine rings is 1. The van der Waals surface area contributed by atoms with Crippen molar-refractivity contribution in [1.82, 2.24) is 9.88 Å².